The van der Waals surface area contributed by atoms with Gasteiger partial charge in [-0.3, -0.25) is 14.3 Å². The van der Waals surface area contributed by atoms with Crippen LogP contribution in [-0.4, -0.2) is 30.8 Å². The van der Waals surface area contributed by atoms with E-state index in [-0.39, 0.29) is 18.0 Å². The van der Waals surface area contributed by atoms with Gasteiger partial charge < -0.3 is 0 Å². The van der Waals surface area contributed by atoms with Gasteiger partial charge in [0.15, 0.2) is 8.24 Å². The minimum absolute atomic E-state index is 0.0458. The number of urea groups is 1. The van der Waals surface area contributed by atoms with Crippen molar-refractivity contribution >= 4 is 25.9 Å². The van der Waals surface area contributed by atoms with Gasteiger partial charge in [-0.15, -0.1) is 0 Å². The molecule has 19 heavy (non-hydrogen) atoms. The summed E-state index contributed by atoms with van der Waals surface area (Å²) in [6.45, 7) is 8.00. The lowest BCUT2D eigenvalue weighted by atomic mass is 10.2. The Bertz CT molecular complexity index is 496. The maximum atomic E-state index is 12.6. The molecule has 1 saturated heterocycles. The molecule has 2 rings (SSSR count). The molecule has 1 aliphatic heterocycles. The standard InChI is InChI=1S/C14H20N2O2Si/c1-5-12-13(17)16(19(2,3)4)14(18)15(12)11-9-7-6-8-10-11/h6-10,12H,5H2,1-4H3. The average molecular weight is 276 g/mol. The van der Waals surface area contributed by atoms with E-state index in [1.165, 1.54) is 4.57 Å². The molecular weight excluding hydrogens is 256 g/mol. The van der Waals surface area contributed by atoms with Crippen molar-refractivity contribution in [2.24, 2.45) is 0 Å². The Kier molecular flexibility index (Phi) is 3.49. The summed E-state index contributed by atoms with van der Waals surface area (Å²) in [5, 5.41) is 0. The Morgan fingerprint density at radius 1 is 1.11 bits per heavy atom. The van der Waals surface area contributed by atoms with Crippen molar-refractivity contribution in [3.8, 4) is 0 Å². The lowest BCUT2D eigenvalue weighted by Gasteiger charge is -2.27. The predicted molar refractivity (Wildman–Crippen MR) is 78.6 cm³/mol. The fourth-order valence-corrected chi connectivity index (χ4v) is 3.94. The lowest BCUT2D eigenvalue weighted by Crippen LogP contribution is -2.50. The quantitative estimate of drug-likeness (QED) is 0.629. The van der Waals surface area contributed by atoms with Crippen LogP contribution < -0.4 is 4.90 Å². The number of anilines is 1. The van der Waals surface area contributed by atoms with Crippen molar-refractivity contribution in [3.05, 3.63) is 30.3 Å². The third-order valence-electron chi connectivity index (χ3n) is 3.31. The van der Waals surface area contributed by atoms with E-state index >= 15 is 0 Å². The number of rotatable bonds is 3. The van der Waals surface area contributed by atoms with Crippen LogP contribution in [0.15, 0.2) is 30.3 Å². The topological polar surface area (TPSA) is 40.6 Å². The van der Waals surface area contributed by atoms with Crippen LogP contribution in [0.2, 0.25) is 19.6 Å². The smallest absolute Gasteiger partial charge is 0.292 e. The summed E-state index contributed by atoms with van der Waals surface area (Å²) in [5.41, 5.74) is 0.799. The average Bonchev–Trinajstić information content (AvgIpc) is 2.60. The summed E-state index contributed by atoms with van der Waals surface area (Å²) in [6, 6.07) is 8.91. The molecule has 0 aliphatic carbocycles. The molecule has 0 radical (unpaired) electrons. The molecule has 5 heteroatoms. The van der Waals surface area contributed by atoms with E-state index in [1.54, 1.807) is 4.90 Å². The lowest BCUT2D eigenvalue weighted by molar-refractivity contribution is -0.124. The monoisotopic (exact) mass is 276 g/mol. The van der Waals surface area contributed by atoms with Gasteiger partial charge in [-0.1, -0.05) is 44.8 Å². The molecule has 0 saturated carbocycles. The molecule has 0 N–H and O–H groups in total. The van der Waals surface area contributed by atoms with E-state index < -0.39 is 8.24 Å². The molecular formula is C14H20N2O2Si. The number of amides is 3. The van der Waals surface area contributed by atoms with Crippen molar-refractivity contribution in [3.63, 3.8) is 0 Å². The third-order valence-corrected chi connectivity index (χ3v) is 5.06. The zero-order valence-corrected chi connectivity index (χ0v) is 12.9. The molecule has 3 amide bonds. The summed E-state index contributed by atoms with van der Waals surface area (Å²) >= 11 is 0. The normalized spacial score (nSPS) is 20.3. The molecule has 4 nitrogen and oxygen atoms in total. The number of benzene rings is 1. The van der Waals surface area contributed by atoms with E-state index in [2.05, 4.69) is 0 Å². The number of carbonyl (C=O) groups excluding carboxylic acids is 2. The second-order valence-electron chi connectivity index (χ2n) is 5.76. The van der Waals surface area contributed by atoms with Crippen LogP contribution in [0.4, 0.5) is 10.5 Å². The molecule has 0 aromatic heterocycles. The van der Waals surface area contributed by atoms with Crippen molar-refractivity contribution in [2.45, 2.75) is 39.0 Å². The SMILES string of the molecule is CCC1C(=O)N([Si](C)(C)C)C(=O)N1c1ccccc1. The van der Waals surface area contributed by atoms with Gasteiger partial charge in [-0.2, -0.15) is 0 Å². The number of nitrogens with zero attached hydrogens (tertiary/aromatic N) is 2. The first kappa shape index (κ1) is 13.8. The fourth-order valence-electron chi connectivity index (χ4n) is 2.45. The van der Waals surface area contributed by atoms with Gasteiger partial charge in [-0.25, -0.2) is 4.79 Å². The molecule has 1 aliphatic rings. The molecule has 1 aromatic rings. The van der Waals surface area contributed by atoms with E-state index in [0.29, 0.717) is 6.42 Å². The molecule has 1 unspecified atom stereocenters. The minimum Gasteiger partial charge on any atom is -0.292 e. The number of imide groups is 1. The first-order chi connectivity index (χ1) is 8.88. The van der Waals surface area contributed by atoms with Gasteiger partial charge in [0.1, 0.15) is 6.04 Å². The predicted octanol–water partition coefficient (Wildman–Crippen LogP) is 3.07. The summed E-state index contributed by atoms with van der Waals surface area (Å²) in [5.74, 6) is -0.0458. The van der Waals surface area contributed by atoms with Crippen LogP contribution in [0.5, 0.6) is 0 Å². The third kappa shape index (κ3) is 2.30. The Balaban J connectivity index is 2.45. The number of hydrogen-bond acceptors (Lipinski definition) is 2. The highest BCUT2D eigenvalue weighted by molar-refractivity contribution is 6.78. The Hall–Kier alpha value is -1.62. The number of para-hydroxylation sites is 1. The molecule has 1 heterocycles. The number of carbonyl (C=O) groups is 2. The van der Waals surface area contributed by atoms with Crippen molar-refractivity contribution < 1.29 is 9.59 Å². The summed E-state index contributed by atoms with van der Waals surface area (Å²) in [6.07, 6.45) is 0.639. The summed E-state index contributed by atoms with van der Waals surface area (Å²) in [4.78, 5) is 26.7. The van der Waals surface area contributed by atoms with E-state index in [0.717, 1.165) is 5.69 Å². The zero-order valence-electron chi connectivity index (χ0n) is 11.9. The highest BCUT2D eigenvalue weighted by Gasteiger charge is 2.49. The minimum atomic E-state index is -1.99. The highest BCUT2D eigenvalue weighted by Crippen LogP contribution is 2.30. The summed E-state index contributed by atoms with van der Waals surface area (Å²) in [7, 11) is -1.99. The summed E-state index contributed by atoms with van der Waals surface area (Å²) < 4.78 is 1.51. The van der Waals surface area contributed by atoms with E-state index in [1.807, 2.05) is 56.9 Å². The molecule has 1 fully saturated rings. The molecule has 0 bridgehead atoms. The van der Waals surface area contributed by atoms with Crippen LogP contribution in [0.1, 0.15) is 13.3 Å². The molecule has 102 valence electrons. The second kappa shape index (κ2) is 4.81. The first-order valence-electron chi connectivity index (χ1n) is 6.60. The molecule has 1 aromatic carbocycles. The van der Waals surface area contributed by atoms with Crippen molar-refractivity contribution in [1.82, 2.24) is 4.57 Å². The van der Waals surface area contributed by atoms with Gasteiger partial charge in [0.25, 0.3) is 0 Å². The van der Waals surface area contributed by atoms with Crippen LogP contribution in [0.25, 0.3) is 0 Å². The van der Waals surface area contributed by atoms with Gasteiger partial charge in [0.05, 0.1) is 0 Å². The Morgan fingerprint density at radius 3 is 2.16 bits per heavy atom. The Morgan fingerprint density at radius 2 is 1.68 bits per heavy atom. The zero-order chi connectivity index (χ0) is 14.2. The molecule has 1 atom stereocenters. The van der Waals surface area contributed by atoms with E-state index in [9.17, 15) is 9.59 Å². The second-order valence-corrected chi connectivity index (χ2v) is 10.5. The van der Waals surface area contributed by atoms with E-state index in [4.69, 9.17) is 0 Å². The van der Waals surface area contributed by atoms with Gasteiger partial charge in [0.2, 0.25) is 5.91 Å². The Labute approximate surface area is 115 Å². The number of hydrogen-bond donors (Lipinski definition) is 0. The van der Waals surface area contributed by atoms with Crippen molar-refractivity contribution in [1.29, 1.82) is 0 Å². The van der Waals surface area contributed by atoms with Gasteiger partial charge in [-0.05, 0) is 18.6 Å². The fraction of sp³-hybridized carbons (Fsp3) is 0.429. The largest absolute Gasteiger partial charge is 0.323 e. The van der Waals surface area contributed by atoms with Crippen LogP contribution in [0.3, 0.4) is 0 Å². The maximum absolute atomic E-state index is 12.6. The van der Waals surface area contributed by atoms with Crippen molar-refractivity contribution in [2.75, 3.05) is 4.90 Å². The molecule has 0 spiro atoms. The van der Waals surface area contributed by atoms with Crippen LogP contribution in [-0.2, 0) is 4.79 Å². The maximum Gasteiger partial charge on any atom is 0.323 e. The van der Waals surface area contributed by atoms with Gasteiger partial charge >= 0.3 is 6.03 Å². The van der Waals surface area contributed by atoms with Gasteiger partial charge in [0, 0.05) is 5.69 Å². The highest BCUT2D eigenvalue weighted by atomic mass is 28.3. The van der Waals surface area contributed by atoms with Crippen LogP contribution in [0, 0.1) is 0 Å². The van der Waals surface area contributed by atoms with Crippen LogP contribution >= 0.6 is 0 Å². The first-order valence-corrected chi connectivity index (χ1v) is 10.0.